The number of nitrogens with one attached hydrogen (secondary N) is 1. The van der Waals surface area contributed by atoms with Gasteiger partial charge in [0.15, 0.2) is 0 Å². The van der Waals surface area contributed by atoms with Crippen molar-refractivity contribution in [1.82, 2.24) is 19.9 Å². The van der Waals surface area contributed by atoms with Gasteiger partial charge < -0.3 is 0 Å². The van der Waals surface area contributed by atoms with Crippen molar-refractivity contribution in [2.24, 2.45) is 0 Å². The van der Waals surface area contributed by atoms with E-state index < -0.39 is 0 Å². The first-order valence-electron chi connectivity index (χ1n) is 7.84. The average molecular weight is 329 g/mol. The van der Waals surface area contributed by atoms with Crippen LogP contribution in [-0.2, 0) is 0 Å². The molecule has 0 saturated carbocycles. The number of pyridine rings is 1. The number of benzene rings is 2. The van der Waals surface area contributed by atoms with Crippen molar-refractivity contribution in [1.29, 1.82) is 0 Å². The van der Waals surface area contributed by atoms with Gasteiger partial charge in [-0.1, -0.05) is 42.5 Å². The summed E-state index contributed by atoms with van der Waals surface area (Å²) in [5.74, 6) is -0.242. The maximum absolute atomic E-state index is 12.8. The summed E-state index contributed by atoms with van der Waals surface area (Å²) in [6, 6.07) is 17.4. The minimum atomic E-state index is -0.242. The highest BCUT2D eigenvalue weighted by molar-refractivity contribution is 6.10. The molecule has 2 aromatic heterocycles. The maximum atomic E-state index is 12.8. The molecule has 1 amide bonds. The molecule has 0 aliphatic heterocycles. The first kappa shape index (κ1) is 15.0. The van der Waals surface area contributed by atoms with Crippen molar-refractivity contribution >= 4 is 16.8 Å². The smallest absolute Gasteiger partial charge is 0.267 e. The number of carbonyl (C=O) groups excluding carboxylic acids is 1. The van der Waals surface area contributed by atoms with Crippen LogP contribution in [0.15, 0.2) is 67.3 Å². The molecule has 0 unspecified atom stereocenters. The summed E-state index contributed by atoms with van der Waals surface area (Å²) in [6.45, 7) is 2.03. The highest BCUT2D eigenvalue weighted by Crippen LogP contribution is 2.27. The van der Waals surface area contributed by atoms with Crippen LogP contribution in [0, 0.1) is 6.92 Å². The molecule has 0 fully saturated rings. The van der Waals surface area contributed by atoms with E-state index in [1.807, 2.05) is 61.5 Å². The monoisotopic (exact) mass is 329 g/mol. The van der Waals surface area contributed by atoms with Crippen LogP contribution in [0.5, 0.6) is 0 Å². The van der Waals surface area contributed by atoms with E-state index in [-0.39, 0.29) is 5.91 Å². The summed E-state index contributed by atoms with van der Waals surface area (Å²) in [5.41, 5.74) is 6.96. The van der Waals surface area contributed by atoms with Gasteiger partial charge in [0.25, 0.3) is 5.91 Å². The van der Waals surface area contributed by atoms with Crippen LogP contribution in [0.3, 0.4) is 0 Å². The fourth-order valence-corrected chi connectivity index (χ4v) is 2.80. The van der Waals surface area contributed by atoms with Gasteiger partial charge in [0, 0.05) is 10.9 Å². The highest BCUT2D eigenvalue weighted by Gasteiger charge is 2.15. The summed E-state index contributed by atoms with van der Waals surface area (Å²) in [7, 11) is 0. The van der Waals surface area contributed by atoms with E-state index >= 15 is 0 Å². The molecule has 0 spiro atoms. The summed E-state index contributed by atoms with van der Waals surface area (Å²) in [6.07, 6.45) is 2.87. The molecule has 0 aliphatic carbocycles. The number of hydrogen-bond donors (Lipinski definition) is 1. The lowest BCUT2D eigenvalue weighted by molar-refractivity contribution is 0.101. The Bertz CT molecular complexity index is 1060. The molecule has 0 aliphatic rings. The number of aryl methyl sites for hydroxylation is 1. The van der Waals surface area contributed by atoms with Crippen molar-refractivity contribution in [3.63, 3.8) is 0 Å². The van der Waals surface area contributed by atoms with E-state index in [2.05, 4.69) is 15.6 Å². The predicted molar refractivity (Wildman–Crippen MR) is 95.6 cm³/mol. The van der Waals surface area contributed by atoms with Crippen LogP contribution in [0.1, 0.15) is 15.9 Å². The van der Waals surface area contributed by atoms with Gasteiger partial charge in [-0.2, -0.15) is 0 Å². The third-order valence-electron chi connectivity index (χ3n) is 4.03. The van der Waals surface area contributed by atoms with Crippen LogP contribution < -0.4 is 5.43 Å². The van der Waals surface area contributed by atoms with Gasteiger partial charge in [0.05, 0.1) is 16.8 Å². The fraction of sp³-hybridized carbons (Fsp3) is 0.0526. The van der Waals surface area contributed by atoms with Gasteiger partial charge in [-0.25, -0.2) is 9.66 Å². The minimum Gasteiger partial charge on any atom is -0.267 e. The Labute approximate surface area is 144 Å². The summed E-state index contributed by atoms with van der Waals surface area (Å²) in [4.78, 5) is 17.5. The summed E-state index contributed by atoms with van der Waals surface area (Å²) >= 11 is 0. The summed E-state index contributed by atoms with van der Waals surface area (Å²) < 4.78 is 1.42. The number of para-hydroxylation sites is 1. The molecule has 1 N–H and O–H groups in total. The Morgan fingerprint density at radius 2 is 1.72 bits per heavy atom. The Hall–Kier alpha value is -3.54. The Balaban J connectivity index is 1.87. The summed E-state index contributed by atoms with van der Waals surface area (Å²) in [5, 5.41) is 8.18. The van der Waals surface area contributed by atoms with Crippen molar-refractivity contribution in [3.8, 4) is 11.3 Å². The van der Waals surface area contributed by atoms with Gasteiger partial charge in [-0.15, -0.1) is 10.2 Å². The lowest BCUT2D eigenvalue weighted by Crippen LogP contribution is -2.22. The molecular weight excluding hydrogens is 314 g/mol. The van der Waals surface area contributed by atoms with Crippen LogP contribution in [-0.4, -0.2) is 25.8 Å². The standard InChI is InChI=1S/C19H15N5O/c1-13-6-2-3-7-14(13)18-10-16(15-8-4-5-9-17(15)22-18)19(25)23-24-11-20-21-12-24/h2-12H,1H3,(H,23,25). The van der Waals surface area contributed by atoms with Crippen molar-refractivity contribution in [2.45, 2.75) is 6.92 Å². The van der Waals surface area contributed by atoms with E-state index in [0.29, 0.717) is 5.56 Å². The van der Waals surface area contributed by atoms with Gasteiger partial charge in [0.2, 0.25) is 0 Å². The molecule has 0 atom stereocenters. The third-order valence-corrected chi connectivity index (χ3v) is 4.03. The number of amides is 1. The van der Waals surface area contributed by atoms with E-state index in [1.54, 1.807) is 0 Å². The molecule has 122 valence electrons. The molecule has 6 nitrogen and oxygen atoms in total. The molecule has 6 heteroatoms. The number of hydrogen-bond acceptors (Lipinski definition) is 4. The number of rotatable bonds is 3. The van der Waals surface area contributed by atoms with Crippen LogP contribution in [0.25, 0.3) is 22.2 Å². The number of carbonyl (C=O) groups is 1. The zero-order valence-corrected chi connectivity index (χ0v) is 13.5. The van der Waals surface area contributed by atoms with Gasteiger partial charge in [-0.05, 0) is 24.6 Å². The second-order valence-electron chi connectivity index (χ2n) is 5.70. The first-order chi connectivity index (χ1) is 12.2. The van der Waals surface area contributed by atoms with Gasteiger partial charge in [-0.3, -0.25) is 10.2 Å². The Kier molecular flexibility index (Phi) is 3.70. The lowest BCUT2D eigenvalue weighted by atomic mass is 10.0. The third kappa shape index (κ3) is 2.85. The largest absolute Gasteiger partial charge is 0.270 e. The zero-order valence-electron chi connectivity index (χ0n) is 13.5. The Morgan fingerprint density at radius 3 is 2.52 bits per heavy atom. The van der Waals surface area contributed by atoms with Crippen molar-refractivity contribution in [3.05, 3.63) is 78.4 Å². The quantitative estimate of drug-likeness (QED) is 0.626. The molecule has 2 heterocycles. The molecule has 25 heavy (non-hydrogen) atoms. The first-order valence-corrected chi connectivity index (χ1v) is 7.84. The van der Waals surface area contributed by atoms with E-state index in [0.717, 1.165) is 27.7 Å². The minimum absolute atomic E-state index is 0.242. The van der Waals surface area contributed by atoms with Crippen molar-refractivity contribution in [2.75, 3.05) is 5.43 Å². The maximum Gasteiger partial charge on any atom is 0.270 e. The van der Waals surface area contributed by atoms with Crippen LogP contribution in [0.2, 0.25) is 0 Å². The number of fused-ring (bicyclic) bond motifs is 1. The molecule has 4 rings (SSSR count). The van der Waals surface area contributed by atoms with Gasteiger partial charge >= 0.3 is 0 Å². The highest BCUT2D eigenvalue weighted by atomic mass is 16.2. The average Bonchev–Trinajstić information content (AvgIpc) is 3.14. The SMILES string of the molecule is Cc1ccccc1-c1cc(C(=O)Nn2cnnc2)c2ccccc2n1. The van der Waals surface area contributed by atoms with Gasteiger partial charge in [0.1, 0.15) is 12.7 Å². The number of nitrogens with zero attached hydrogens (tertiary/aromatic N) is 4. The normalized spacial score (nSPS) is 10.8. The molecular formula is C19H15N5O. The zero-order chi connectivity index (χ0) is 17.2. The molecule has 0 bridgehead atoms. The van der Waals surface area contributed by atoms with E-state index in [9.17, 15) is 4.79 Å². The van der Waals surface area contributed by atoms with E-state index in [1.165, 1.54) is 17.3 Å². The van der Waals surface area contributed by atoms with E-state index in [4.69, 9.17) is 4.98 Å². The second-order valence-corrected chi connectivity index (χ2v) is 5.70. The van der Waals surface area contributed by atoms with Crippen molar-refractivity contribution < 1.29 is 4.79 Å². The number of aromatic nitrogens is 4. The molecule has 0 saturated heterocycles. The topological polar surface area (TPSA) is 72.7 Å². The second kappa shape index (κ2) is 6.16. The van der Waals surface area contributed by atoms with Crippen LogP contribution >= 0.6 is 0 Å². The molecule has 2 aromatic carbocycles. The Morgan fingerprint density at radius 1 is 1.00 bits per heavy atom. The fourth-order valence-electron chi connectivity index (χ4n) is 2.80. The molecule has 0 radical (unpaired) electrons. The lowest BCUT2D eigenvalue weighted by Gasteiger charge is -2.11. The van der Waals surface area contributed by atoms with Crippen LogP contribution in [0.4, 0.5) is 0 Å². The molecule has 4 aromatic rings. The predicted octanol–water partition coefficient (Wildman–Crippen LogP) is 3.19.